The number of aliphatic carboxylic acids is 2. The highest BCUT2D eigenvalue weighted by Gasteiger charge is 2.40. The van der Waals surface area contributed by atoms with Gasteiger partial charge in [-0.2, -0.15) is 0 Å². The largest absolute Gasteiger partial charge is 0.481 e. The lowest BCUT2D eigenvalue weighted by atomic mass is 10.0. The lowest BCUT2D eigenvalue weighted by molar-refractivity contribution is -0.146. The van der Waals surface area contributed by atoms with E-state index in [0.29, 0.717) is 12.0 Å². The van der Waals surface area contributed by atoms with E-state index in [0.717, 1.165) is 16.5 Å². The number of benzene rings is 2. The molecule has 9 N–H and O–H groups in total. The van der Waals surface area contributed by atoms with Crippen LogP contribution in [0.5, 0.6) is 0 Å². The molecule has 0 saturated carbocycles. The number of amides is 5. The molecule has 0 bridgehead atoms. The number of carboxylic acid groups (broad SMARTS) is 2. The van der Waals surface area contributed by atoms with Crippen molar-refractivity contribution in [3.8, 4) is 0 Å². The van der Waals surface area contributed by atoms with Crippen molar-refractivity contribution < 1.29 is 43.8 Å². The average Bonchev–Trinajstić information content (AvgIpc) is 3.77. The Morgan fingerprint density at radius 3 is 2.25 bits per heavy atom. The van der Waals surface area contributed by atoms with Gasteiger partial charge >= 0.3 is 11.9 Å². The summed E-state index contributed by atoms with van der Waals surface area (Å²) in [5, 5.41) is 30.1. The number of nitrogens with two attached hydrogens (primary N) is 1. The summed E-state index contributed by atoms with van der Waals surface area (Å²) in [5.41, 5.74) is 8.52. The van der Waals surface area contributed by atoms with Crippen LogP contribution in [0.25, 0.3) is 10.9 Å². The second kappa shape index (κ2) is 18.6. The number of aromatic amines is 1. The third-order valence-corrected chi connectivity index (χ3v) is 8.96. The average molecular weight is 734 g/mol. The molecule has 0 radical (unpaired) electrons. The maximum absolute atomic E-state index is 13.7. The number of nitrogens with zero attached hydrogens (tertiary/aromatic N) is 1. The van der Waals surface area contributed by atoms with Crippen molar-refractivity contribution in [2.45, 2.75) is 82.6 Å². The first-order chi connectivity index (χ1) is 25.2. The summed E-state index contributed by atoms with van der Waals surface area (Å²) in [7, 11) is 0. The maximum Gasteiger partial charge on any atom is 0.326 e. The van der Waals surface area contributed by atoms with Crippen LogP contribution < -0.4 is 27.0 Å². The van der Waals surface area contributed by atoms with Crippen LogP contribution in [0.4, 0.5) is 0 Å². The number of nitrogens with one attached hydrogen (secondary N) is 5. The number of carbonyl (C=O) groups excluding carboxylic acids is 5. The van der Waals surface area contributed by atoms with E-state index in [2.05, 4.69) is 26.3 Å². The topological polar surface area (TPSA) is 253 Å². The van der Waals surface area contributed by atoms with Crippen molar-refractivity contribution in [3.05, 3.63) is 71.9 Å². The summed E-state index contributed by atoms with van der Waals surface area (Å²) in [6.45, 7) is 3.22. The minimum atomic E-state index is -1.51. The quantitative estimate of drug-likeness (QED) is 0.0896. The van der Waals surface area contributed by atoms with Crippen LogP contribution in [-0.4, -0.2) is 105 Å². The summed E-state index contributed by atoms with van der Waals surface area (Å²) in [6, 6.07) is 10.2. The van der Waals surface area contributed by atoms with Gasteiger partial charge in [0.1, 0.15) is 24.2 Å². The van der Waals surface area contributed by atoms with Crippen molar-refractivity contribution in [2.75, 3.05) is 13.1 Å². The van der Waals surface area contributed by atoms with Crippen LogP contribution in [0.1, 0.15) is 50.7 Å². The van der Waals surface area contributed by atoms with Crippen molar-refractivity contribution in [3.63, 3.8) is 0 Å². The Kier molecular flexibility index (Phi) is 14.1. The molecule has 1 saturated heterocycles. The first kappa shape index (κ1) is 40.0. The summed E-state index contributed by atoms with van der Waals surface area (Å²) in [6.07, 6.45) is 1.95. The van der Waals surface area contributed by atoms with Crippen molar-refractivity contribution in [1.82, 2.24) is 31.2 Å². The molecule has 3 aromatic rings. The van der Waals surface area contributed by atoms with Gasteiger partial charge in [-0.05, 0) is 48.8 Å². The first-order valence-corrected chi connectivity index (χ1v) is 17.5. The number of hydrogen-bond donors (Lipinski definition) is 8. The Morgan fingerprint density at radius 2 is 1.57 bits per heavy atom. The zero-order chi connectivity index (χ0) is 38.7. The number of H-pyrrole nitrogens is 1. The SMILES string of the molecule is CC(C)C[C@H](NC(=O)[C@@H]1CCCN1C(=O)[C@H](CC(=O)O)NC(=O)[C@@H](N)Cc1c[nH]c2ccccc12)C(=O)NCC(=O)N[C@@H](Cc1ccccc1)C(=O)O. The summed E-state index contributed by atoms with van der Waals surface area (Å²) in [5.74, 6) is -6.26. The predicted molar refractivity (Wildman–Crippen MR) is 193 cm³/mol. The summed E-state index contributed by atoms with van der Waals surface area (Å²) >= 11 is 0. The number of likely N-dealkylation sites (tertiary alicyclic amines) is 1. The fourth-order valence-electron chi connectivity index (χ4n) is 6.34. The van der Waals surface area contributed by atoms with Crippen molar-refractivity contribution >= 4 is 52.4 Å². The zero-order valence-corrected chi connectivity index (χ0v) is 29.7. The van der Waals surface area contributed by atoms with Gasteiger partial charge in [0.2, 0.25) is 29.5 Å². The van der Waals surface area contributed by atoms with Gasteiger partial charge in [0.25, 0.3) is 0 Å². The molecule has 1 aromatic heterocycles. The molecule has 0 unspecified atom stereocenters. The smallest absolute Gasteiger partial charge is 0.326 e. The highest BCUT2D eigenvalue weighted by atomic mass is 16.4. The minimum Gasteiger partial charge on any atom is -0.481 e. The number of fused-ring (bicyclic) bond motifs is 1. The predicted octanol–water partition coefficient (Wildman–Crippen LogP) is 0.447. The van der Waals surface area contributed by atoms with Gasteiger partial charge in [-0.3, -0.25) is 28.8 Å². The molecule has 5 atom stereocenters. The molecule has 4 rings (SSSR count). The summed E-state index contributed by atoms with van der Waals surface area (Å²) < 4.78 is 0. The number of carbonyl (C=O) groups is 7. The van der Waals surface area contributed by atoms with Gasteiger partial charge in [0.15, 0.2) is 0 Å². The van der Waals surface area contributed by atoms with E-state index in [-0.39, 0.29) is 38.1 Å². The Balaban J connectivity index is 1.37. The Morgan fingerprint density at radius 1 is 0.868 bits per heavy atom. The molecule has 284 valence electrons. The van der Waals surface area contributed by atoms with Gasteiger partial charge in [0.05, 0.1) is 19.0 Å². The molecule has 1 aliphatic rings. The Hall–Kier alpha value is -5.77. The van der Waals surface area contributed by atoms with Crippen LogP contribution >= 0.6 is 0 Å². The highest BCUT2D eigenvalue weighted by Crippen LogP contribution is 2.21. The van der Waals surface area contributed by atoms with Crippen LogP contribution in [-0.2, 0) is 46.4 Å². The van der Waals surface area contributed by atoms with Crippen LogP contribution in [0, 0.1) is 5.92 Å². The number of aromatic nitrogens is 1. The minimum absolute atomic E-state index is 0.0350. The zero-order valence-electron chi connectivity index (χ0n) is 29.7. The normalized spacial score (nSPS) is 16.3. The second-order valence-electron chi connectivity index (χ2n) is 13.6. The lowest BCUT2D eigenvalue weighted by Gasteiger charge is -2.30. The molecule has 0 aliphatic carbocycles. The third kappa shape index (κ3) is 11.4. The Bertz CT molecular complexity index is 1790. The summed E-state index contributed by atoms with van der Waals surface area (Å²) in [4.78, 5) is 94.2. The van der Waals surface area contributed by atoms with Gasteiger partial charge in [0, 0.05) is 30.1 Å². The molecular weight excluding hydrogens is 686 g/mol. The highest BCUT2D eigenvalue weighted by molar-refractivity contribution is 5.97. The van der Waals surface area contributed by atoms with Crippen LogP contribution in [0.3, 0.4) is 0 Å². The van der Waals surface area contributed by atoms with Gasteiger partial charge in [-0.1, -0.05) is 62.4 Å². The number of carboxylic acids is 2. The Labute approximate surface area is 306 Å². The molecular formula is C37H47N7O9. The van der Waals surface area contributed by atoms with Crippen molar-refractivity contribution in [1.29, 1.82) is 0 Å². The number of hydrogen-bond acceptors (Lipinski definition) is 8. The third-order valence-electron chi connectivity index (χ3n) is 8.96. The van der Waals surface area contributed by atoms with E-state index in [4.69, 9.17) is 5.73 Å². The molecule has 0 spiro atoms. The molecule has 1 aliphatic heterocycles. The molecule has 5 amide bonds. The molecule has 2 heterocycles. The van der Waals surface area contributed by atoms with E-state index in [1.165, 1.54) is 4.90 Å². The monoisotopic (exact) mass is 733 g/mol. The van der Waals surface area contributed by atoms with Gasteiger partial charge in [-0.25, -0.2) is 4.79 Å². The molecule has 1 fully saturated rings. The lowest BCUT2D eigenvalue weighted by Crippen LogP contribution is -2.58. The standard InChI is InChI=1S/C37H47N7O9/c1-21(2)15-27(34(49)40-20-31(45)41-29(37(52)53)16-22-9-4-3-5-10-22)42-35(50)30-13-8-14-44(30)36(51)28(18-32(46)47)43-33(48)25(38)17-23-19-39-26-12-7-6-11-24(23)26/h3-7,9-12,19,21,25,27-30,39H,8,13-18,20,38H2,1-2H3,(H,40,49)(H,41,45)(H,42,50)(H,43,48)(H,46,47)(H,52,53)/t25-,27-,28-,29-,30-/m0/s1. The second-order valence-corrected chi connectivity index (χ2v) is 13.6. The van der Waals surface area contributed by atoms with E-state index in [9.17, 15) is 43.8 Å². The molecule has 16 heteroatoms. The fraction of sp³-hybridized carbons (Fsp3) is 0.432. The van der Waals surface area contributed by atoms with Gasteiger partial charge in [-0.15, -0.1) is 0 Å². The fourth-order valence-corrected chi connectivity index (χ4v) is 6.34. The van der Waals surface area contributed by atoms with Crippen molar-refractivity contribution in [2.24, 2.45) is 11.7 Å². The van der Waals surface area contributed by atoms with Crippen LogP contribution in [0.15, 0.2) is 60.8 Å². The van der Waals surface area contributed by atoms with Gasteiger partial charge < -0.3 is 47.1 Å². The number of para-hydroxylation sites is 1. The van der Waals surface area contributed by atoms with E-state index < -0.39 is 84.6 Å². The maximum atomic E-state index is 13.7. The van der Waals surface area contributed by atoms with E-state index in [1.807, 2.05) is 38.1 Å². The molecule has 2 aromatic carbocycles. The van der Waals surface area contributed by atoms with Crippen LogP contribution in [0.2, 0.25) is 0 Å². The van der Waals surface area contributed by atoms with E-state index >= 15 is 0 Å². The van der Waals surface area contributed by atoms with E-state index in [1.54, 1.807) is 36.5 Å². The molecule has 16 nitrogen and oxygen atoms in total. The molecule has 53 heavy (non-hydrogen) atoms. The number of rotatable bonds is 18. The first-order valence-electron chi connectivity index (χ1n) is 17.5.